The van der Waals surface area contributed by atoms with Crippen molar-refractivity contribution in [1.29, 1.82) is 0 Å². The molecule has 0 atom stereocenters. The second kappa shape index (κ2) is 8.38. The van der Waals surface area contributed by atoms with Gasteiger partial charge in [0.2, 0.25) is 0 Å². The molecule has 0 aromatic heterocycles. The van der Waals surface area contributed by atoms with E-state index in [4.69, 9.17) is 0 Å². The fourth-order valence-corrected chi connectivity index (χ4v) is 7.82. The van der Waals surface area contributed by atoms with Crippen LogP contribution in [0.3, 0.4) is 0 Å². The molecule has 126 valence electrons. The van der Waals surface area contributed by atoms with E-state index in [-0.39, 0.29) is 0 Å². The van der Waals surface area contributed by atoms with E-state index >= 15 is 0 Å². The van der Waals surface area contributed by atoms with E-state index in [0.29, 0.717) is 0 Å². The third-order valence-corrected chi connectivity index (χ3v) is 9.09. The molecule has 0 fully saturated rings. The van der Waals surface area contributed by atoms with Crippen LogP contribution in [0.15, 0.2) is 102 Å². The van der Waals surface area contributed by atoms with Crippen LogP contribution in [0.5, 0.6) is 0 Å². The van der Waals surface area contributed by atoms with E-state index in [1.54, 1.807) is 11.8 Å². The van der Waals surface area contributed by atoms with Gasteiger partial charge in [0.1, 0.15) is 23.2 Å². The number of nitrogens with zero attached hydrogens (tertiary/aromatic N) is 1. The first-order valence-corrected chi connectivity index (χ1v) is 11.3. The molecule has 0 aliphatic carbocycles. The SMILES string of the molecule is C[N-]/C(=C\[P+](c1ccccc1)(c1ccccc1)c1ccccc1)SC. The Kier molecular flexibility index (Phi) is 5.96. The van der Waals surface area contributed by atoms with Crippen LogP contribution in [0.4, 0.5) is 0 Å². The highest BCUT2D eigenvalue weighted by Gasteiger charge is 2.43. The summed E-state index contributed by atoms with van der Waals surface area (Å²) in [5, 5.41) is 9.64. The quantitative estimate of drug-likeness (QED) is 0.553. The Morgan fingerprint density at radius 3 is 1.36 bits per heavy atom. The van der Waals surface area contributed by atoms with Crippen LogP contribution in [-0.4, -0.2) is 13.3 Å². The predicted molar refractivity (Wildman–Crippen MR) is 116 cm³/mol. The number of hydrogen-bond acceptors (Lipinski definition) is 1. The van der Waals surface area contributed by atoms with E-state index in [0.717, 1.165) is 5.03 Å². The van der Waals surface area contributed by atoms with E-state index < -0.39 is 7.26 Å². The number of rotatable bonds is 6. The van der Waals surface area contributed by atoms with Crippen molar-refractivity contribution in [3.05, 3.63) is 107 Å². The van der Waals surface area contributed by atoms with Gasteiger partial charge in [0.05, 0.1) is 5.82 Å². The van der Waals surface area contributed by atoms with Crippen molar-refractivity contribution in [2.75, 3.05) is 13.3 Å². The molecule has 3 rings (SSSR count). The van der Waals surface area contributed by atoms with Crippen molar-refractivity contribution in [3.63, 3.8) is 0 Å². The Hall–Kier alpha value is -2.02. The first kappa shape index (κ1) is 17.8. The van der Waals surface area contributed by atoms with Crippen molar-refractivity contribution < 1.29 is 0 Å². The maximum absolute atomic E-state index is 4.52. The van der Waals surface area contributed by atoms with Crippen LogP contribution >= 0.6 is 19.0 Å². The molecule has 0 bridgehead atoms. The Bertz CT molecular complexity index is 714. The molecule has 0 aliphatic heterocycles. The fourth-order valence-electron chi connectivity index (χ4n) is 3.03. The third kappa shape index (κ3) is 3.66. The molecule has 3 aromatic rings. The molecule has 0 spiro atoms. The molecular formula is C22H22NPS. The summed E-state index contributed by atoms with van der Waals surface area (Å²) in [5.41, 5.74) is 0. The monoisotopic (exact) mass is 363 g/mol. The van der Waals surface area contributed by atoms with Crippen molar-refractivity contribution in [2.45, 2.75) is 0 Å². The molecule has 0 unspecified atom stereocenters. The topological polar surface area (TPSA) is 14.1 Å². The Balaban J connectivity index is 2.38. The highest BCUT2D eigenvalue weighted by Crippen LogP contribution is 2.58. The zero-order valence-corrected chi connectivity index (χ0v) is 16.3. The first-order chi connectivity index (χ1) is 12.3. The van der Waals surface area contributed by atoms with E-state index in [2.05, 4.69) is 108 Å². The highest BCUT2D eigenvalue weighted by atomic mass is 32.2. The lowest BCUT2D eigenvalue weighted by molar-refractivity contribution is 1.66. The van der Waals surface area contributed by atoms with Crippen molar-refractivity contribution in [3.8, 4) is 0 Å². The van der Waals surface area contributed by atoms with Crippen LogP contribution in [0.1, 0.15) is 0 Å². The van der Waals surface area contributed by atoms with E-state index in [1.807, 2.05) is 7.05 Å². The van der Waals surface area contributed by atoms with Gasteiger partial charge in [0.25, 0.3) is 0 Å². The molecule has 3 aromatic carbocycles. The van der Waals surface area contributed by atoms with Gasteiger partial charge < -0.3 is 5.32 Å². The molecule has 0 N–H and O–H groups in total. The minimum Gasteiger partial charge on any atom is -0.679 e. The third-order valence-electron chi connectivity index (χ3n) is 4.22. The maximum atomic E-state index is 4.52. The average Bonchev–Trinajstić information content (AvgIpc) is 2.71. The van der Waals surface area contributed by atoms with Crippen LogP contribution < -0.4 is 15.9 Å². The summed E-state index contributed by atoms with van der Waals surface area (Å²) in [5.74, 6) is 2.40. The largest absolute Gasteiger partial charge is 0.679 e. The zero-order valence-electron chi connectivity index (χ0n) is 14.5. The molecule has 1 nitrogen and oxygen atoms in total. The van der Waals surface area contributed by atoms with Gasteiger partial charge in [0, 0.05) is 0 Å². The highest BCUT2D eigenvalue weighted by molar-refractivity contribution is 8.04. The number of thioether (sulfide) groups is 1. The molecular weight excluding hydrogens is 341 g/mol. The smallest absolute Gasteiger partial charge is 0.136 e. The lowest BCUT2D eigenvalue weighted by Crippen LogP contribution is -2.29. The van der Waals surface area contributed by atoms with Gasteiger partial charge >= 0.3 is 0 Å². The minimum atomic E-state index is -1.92. The van der Waals surface area contributed by atoms with Crippen molar-refractivity contribution in [2.24, 2.45) is 0 Å². The molecule has 3 heteroatoms. The van der Waals surface area contributed by atoms with E-state index in [1.165, 1.54) is 15.9 Å². The summed E-state index contributed by atoms with van der Waals surface area (Å²) < 4.78 is 0. The molecule has 0 saturated carbocycles. The van der Waals surface area contributed by atoms with Gasteiger partial charge in [0.15, 0.2) is 0 Å². The molecule has 0 aliphatic rings. The Morgan fingerprint density at radius 1 is 0.720 bits per heavy atom. The lowest BCUT2D eigenvalue weighted by Gasteiger charge is -2.27. The zero-order chi connectivity index (χ0) is 17.5. The maximum Gasteiger partial charge on any atom is 0.136 e. The molecule has 0 amide bonds. The van der Waals surface area contributed by atoms with Crippen LogP contribution in [0.25, 0.3) is 5.32 Å². The summed E-state index contributed by atoms with van der Waals surface area (Å²) in [6.07, 6.45) is 2.09. The standard InChI is InChI=1S/C22H22NPS/c1-23-22(25-2)18-24(19-12-6-3-7-13-19,20-14-8-4-9-15-20)21-16-10-5-11-17-21/h3-18H,1-2H3/b22-18+. The Morgan fingerprint density at radius 2 is 1.08 bits per heavy atom. The van der Waals surface area contributed by atoms with Gasteiger partial charge in [-0.3, -0.25) is 0 Å². The second-order valence-electron chi connectivity index (χ2n) is 5.62. The van der Waals surface area contributed by atoms with Gasteiger partial charge in [-0.25, -0.2) is 0 Å². The molecule has 25 heavy (non-hydrogen) atoms. The first-order valence-electron chi connectivity index (χ1n) is 8.23. The average molecular weight is 363 g/mol. The predicted octanol–water partition coefficient (Wildman–Crippen LogP) is 5.15. The second-order valence-corrected chi connectivity index (χ2v) is 9.70. The van der Waals surface area contributed by atoms with E-state index in [9.17, 15) is 0 Å². The molecule has 0 heterocycles. The molecule has 0 radical (unpaired) electrons. The van der Waals surface area contributed by atoms with Crippen LogP contribution in [0, 0.1) is 0 Å². The summed E-state index contributed by atoms with van der Waals surface area (Å²) in [4.78, 5) is 0. The fraction of sp³-hybridized carbons (Fsp3) is 0.0909. The summed E-state index contributed by atoms with van der Waals surface area (Å²) in [6.45, 7) is 0. The lowest BCUT2D eigenvalue weighted by atomic mass is 10.4. The summed E-state index contributed by atoms with van der Waals surface area (Å²) >= 11 is 1.70. The van der Waals surface area contributed by atoms with Gasteiger partial charge in [-0.15, -0.1) is 7.05 Å². The number of hydrogen-bond donors (Lipinski definition) is 0. The Labute approximate surface area is 155 Å². The van der Waals surface area contributed by atoms with Crippen LogP contribution in [-0.2, 0) is 0 Å². The van der Waals surface area contributed by atoms with Crippen molar-refractivity contribution in [1.82, 2.24) is 0 Å². The van der Waals surface area contributed by atoms with Crippen molar-refractivity contribution >= 4 is 34.9 Å². The van der Waals surface area contributed by atoms with Gasteiger partial charge in [-0.1, -0.05) is 59.6 Å². The van der Waals surface area contributed by atoms with Crippen LogP contribution in [0.2, 0.25) is 0 Å². The molecule has 0 saturated heterocycles. The minimum absolute atomic E-state index is 1.07. The summed E-state index contributed by atoms with van der Waals surface area (Å²) in [6, 6.07) is 32.5. The van der Waals surface area contributed by atoms with Gasteiger partial charge in [-0.05, 0) is 42.7 Å². The van der Waals surface area contributed by atoms with Gasteiger partial charge in [-0.2, -0.15) is 11.8 Å². The summed E-state index contributed by atoms with van der Waals surface area (Å²) in [7, 11) is -0.0460. The normalized spacial score (nSPS) is 12.0. The number of benzene rings is 3.